The molecule has 107 heavy (non-hydrogen) atoms. The zero-order valence-corrected chi connectivity index (χ0v) is 71.0. The van der Waals surface area contributed by atoms with E-state index in [-0.39, 0.29) is 28.8 Å². The Morgan fingerprint density at radius 3 is 1.23 bits per heavy atom. The molecule has 2 N–H and O–H groups in total. The van der Waals surface area contributed by atoms with Gasteiger partial charge < -0.3 is 15.0 Å². The van der Waals surface area contributed by atoms with Crippen LogP contribution in [0.3, 0.4) is 0 Å². The Balaban J connectivity index is 0.000000157. The predicted octanol–water partition coefficient (Wildman–Crippen LogP) is 18.9. The number of aliphatic hydroxyl groups excluding tert-OH is 1. The molecular formula is C76H69ClN11O7S11Zn-. The number of benzene rings is 4. The van der Waals surface area contributed by atoms with Crippen LogP contribution >= 0.6 is 103 Å². The third-order valence-electron chi connectivity index (χ3n) is 15.0. The van der Waals surface area contributed by atoms with Crippen molar-refractivity contribution in [2.45, 2.75) is 80.6 Å². The van der Waals surface area contributed by atoms with Crippen LogP contribution < -0.4 is 5.32 Å². The van der Waals surface area contributed by atoms with E-state index in [0.29, 0.717) is 31.9 Å². The van der Waals surface area contributed by atoms with Gasteiger partial charge in [0.05, 0.1) is 63.2 Å². The molecule has 0 amide bonds. The Morgan fingerprint density at radius 2 is 0.841 bits per heavy atom. The molecule has 0 aliphatic heterocycles. The van der Waals surface area contributed by atoms with Crippen molar-refractivity contribution in [3.8, 4) is 52.9 Å². The van der Waals surface area contributed by atoms with Gasteiger partial charge >= 0.3 is 0 Å². The number of anilines is 2. The van der Waals surface area contributed by atoms with Gasteiger partial charge in [-0.15, -0.1) is 56.7 Å². The molecule has 0 saturated heterocycles. The maximum absolute atomic E-state index is 11.6. The van der Waals surface area contributed by atoms with Gasteiger partial charge in [-0.25, -0.2) is 66.7 Å². The molecule has 0 fully saturated rings. The number of rotatable bonds is 23. The van der Waals surface area contributed by atoms with Crippen molar-refractivity contribution in [3.63, 3.8) is 0 Å². The van der Waals surface area contributed by atoms with Crippen LogP contribution in [0.5, 0.6) is 0 Å². The molecule has 0 aliphatic rings. The second-order valence-electron chi connectivity index (χ2n) is 22.6. The Kier molecular flexibility index (Phi) is 32.7. The molecule has 0 saturated carbocycles. The van der Waals surface area contributed by atoms with Crippen molar-refractivity contribution in [1.29, 1.82) is 0 Å². The minimum atomic E-state index is -3.66. The topological polar surface area (TPSA) is 270 Å². The molecule has 546 valence electrons. The molecule has 31 heteroatoms. The minimum absolute atomic E-state index is 0. The Labute approximate surface area is 675 Å². The van der Waals surface area contributed by atoms with E-state index in [4.69, 9.17) is 10.7 Å². The SMILES string of the molecule is CC(O)c1cccc(Nc2nccc(-c3ccc(CCc4ccccc4)s3)n2)c1.CS(=O)(=O)c1nccc(-c2ccc(CCc3ccccc3)s2)n1.CSc1nccc(-c2ccc(CCc3ccccc3)s2)n1.CSc1nccc(-c2ccc(S(=O)(=O)Cl)s2)n1.CSc1nccc(-c2ccc(S(=O)[O-])s2)n1.[Zn]. The first-order chi connectivity index (χ1) is 51.2. The van der Waals surface area contributed by atoms with E-state index in [1.165, 1.54) is 83.3 Å². The summed E-state index contributed by atoms with van der Waals surface area (Å²) in [5, 5.41) is 15.0. The quantitative estimate of drug-likeness (QED) is 0.0198. The van der Waals surface area contributed by atoms with Crippen LogP contribution in [0.25, 0.3) is 52.9 Å². The van der Waals surface area contributed by atoms with E-state index in [2.05, 4.69) is 152 Å². The zero-order valence-electron chi connectivity index (χ0n) is 58.3. The molecule has 14 aromatic rings. The summed E-state index contributed by atoms with van der Waals surface area (Å²) in [6, 6.07) is 67.6. The fraction of sp³-hybridized carbons (Fsp3) is 0.158. The Morgan fingerprint density at radius 1 is 0.458 bits per heavy atom. The number of hydrogen-bond acceptors (Lipinski definition) is 26. The average Bonchev–Trinajstić information content (AvgIpc) is 1.77. The van der Waals surface area contributed by atoms with E-state index in [1.54, 1.807) is 96.3 Å². The fourth-order valence-electron chi connectivity index (χ4n) is 9.77. The first-order valence-corrected chi connectivity index (χ1v) is 45.4. The van der Waals surface area contributed by atoms with Gasteiger partial charge in [-0.05, 0) is 201 Å². The van der Waals surface area contributed by atoms with Crippen molar-refractivity contribution < 1.29 is 50.2 Å². The van der Waals surface area contributed by atoms with Gasteiger partial charge in [-0.1, -0.05) is 138 Å². The zero-order chi connectivity index (χ0) is 74.8. The third-order valence-corrected chi connectivity index (χ3v) is 26.3. The van der Waals surface area contributed by atoms with Gasteiger partial charge in [0.15, 0.2) is 15.5 Å². The minimum Gasteiger partial charge on any atom is -0.768 e. The fourth-order valence-corrected chi connectivity index (χ4v) is 17.8. The molecule has 2 unspecified atom stereocenters. The van der Waals surface area contributed by atoms with Crippen LogP contribution in [0, 0.1) is 0 Å². The summed E-state index contributed by atoms with van der Waals surface area (Å²) in [4.78, 5) is 51.4. The van der Waals surface area contributed by atoms with Gasteiger partial charge in [0.25, 0.3) is 9.05 Å². The molecule has 18 nitrogen and oxygen atoms in total. The first kappa shape index (κ1) is 83.6. The summed E-state index contributed by atoms with van der Waals surface area (Å²) in [6.07, 6.45) is 20.9. The van der Waals surface area contributed by atoms with Crippen LogP contribution in [0.1, 0.15) is 49.9 Å². The summed E-state index contributed by atoms with van der Waals surface area (Å²) in [5.74, 6) is 0.546. The molecule has 2 atom stereocenters. The first-order valence-electron chi connectivity index (χ1n) is 32.4. The number of aliphatic hydroxyl groups is 1. The molecular weight excluding hydrogens is 1630 g/mol. The normalized spacial score (nSPS) is 11.6. The van der Waals surface area contributed by atoms with Crippen molar-refractivity contribution >= 4 is 144 Å². The molecule has 0 radical (unpaired) electrons. The largest absolute Gasteiger partial charge is 0.768 e. The van der Waals surface area contributed by atoms with Gasteiger partial charge in [-0.2, -0.15) is 0 Å². The van der Waals surface area contributed by atoms with Crippen LogP contribution in [0.15, 0.2) is 266 Å². The van der Waals surface area contributed by atoms with Crippen molar-refractivity contribution in [1.82, 2.24) is 49.8 Å². The number of aromatic nitrogens is 10. The molecule has 0 aliphatic carbocycles. The maximum Gasteiger partial charge on any atom is 0.270 e. The molecule has 0 spiro atoms. The van der Waals surface area contributed by atoms with Gasteiger partial charge in [0.2, 0.25) is 20.9 Å². The summed E-state index contributed by atoms with van der Waals surface area (Å²) in [6.45, 7) is 1.75. The van der Waals surface area contributed by atoms with E-state index < -0.39 is 36.1 Å². The number of aryl methyl sites for hydroxylation is 6. The number of thioether (sulfide) groups is 3. The number of nitrogens with one attached hydrogen (secondary N) is 1. The smallest absolute Gasteiger partial charge is 0.270 e. The second kappa shape index (κ2) is 41.9. The van der Waals surface area contributed by atoms with E-state index in [1.807, 2.05) is 103 Å². The number of sulfone groups is 1. The van der Waals surface area contributed by atoms with Crippen molar-refractivity contribution in [2.75, 3.05) is 30.3 Å². The molecule has 0 bridgehead atoms. The Bertz CT molecular complexity index is 5390. The molecule has 10 aromatic heterocycles. The average molecular weight is 1700 g/mol. The molecule has 14 rings (SSSR count). The summed E-state index contributed by atoms with van der Waals surface area (Å²) in [7, 11) is -1.79. The summed E-state index contributed by atoms with van der Waals surface area (Å²) < 4.78 is 67.3. The summed E-state index contributed by atoms with van der Waals surface area (Å²) in [5.41, 5.74) is 9.79. The van der Waals surface area contributed by atoms with Gasteiger partial charge in [0, 0.05) is 87.7 Å². The molecule has 4 aromatic carbocycles. The van der Waals surface area contributed by atoms with E-state index in [9.17, 15) is 30.7 Å². The van der Waals surface area contributed by atoms with Crippen LogP contribution in [-0.2, 0) is 88.0 Å². The maximum atomic E-state index is 11.6. The van der Waals surface area contributed by atoms with Crippen LogP contribution in [0.4, 0.5) is 11.6 Å². The van der Waals surface area contributed by atoms with E-state index >= 15 is 0 Å². The number of halogens is 1. The van der Waals surface area contributed by atoms with E-state index in [0.717, 1.165) is 109 Å². The predicted molar refractivity (Wildman–Crippen MR) is 437 cm³/mol. The monoisotopic (exact) mass is 1700 g/mol. The van der Waals surface area contributed by atoms with Gasteiger partial charge in [0.1, 0.15) is 4.21 Å². The number of hydrogen-bond donors (Lipinski definition) is 2. The number of nitrogens with zero attached hydrogens (tertiary/aromatic N) is 10. The standard InChI is InChI=1S/C24H23N3OS.C17H16N2O2S2.C17H16N2S2.C9H7ClN2O2S3.C9H8N2O2S3.Zn/c1-17(28)19-8-5-9-20(16-19)26-24-25-15-14-22(27-24)23-13-12-21(29-23)11-10-18-6-3-2-4-7-18;1-23(20,21)17-18-12-11-15(19-17)16-10-9-14(22-16)8-7-13-5-3-2-4-6-13;1-20-17-18-12-11-15(19-17)16-10-9-14(21-16)8-7-13-5-3-2-4-6-13;1-15-9-11-5-4-6(12-9)7-2-3-8(16-7)17(10,13)14;1-14-9-10-5-4-6(11-9)7-2-3-8(15-7)16(12)13;/h2-9,12-17,28H,10-11H2,1H3,(H,25,26,27);2-6,9-12H,7-8H2,1H3;2-6,9-12H,7-8H2,1H3;2-5H,1H3;2-5H,1H3,(H,12,13);/p-1. The van der Waals surface area contributed by atoms with Gasteiger partial charge in [-0.3, -0.25) is 4.21 Å². The number of thiophene rings is 5. The Hall–Kier alpha value is -7.49. The molecule has 10 heterocycles. The third kappa shape index (κ3) is 26.4. The summed E-state index contributed by atoms with van der Waals surface area (Å²) >= 11 is 9.82. The van der Waals surface area contributed by atoms with Crippen molar-refractivity contribution in [3.05, 3.63) is 274 Å². The van der Waals surface area contributed by atoms with Crippen LogP contribution in [0.2, 0.25) is 0 Å². The van der Waals surface area contributed by atoms with Crippen LogP contribution in [-0.4, -0.2) is 106 Å². The second-order valence-corrected chi connectivity index (χ2v) is 36.5. The van der Waals surface area contributed by atoms with Crippen molar-refractivity contribution in [2.24, 2.45) is 0 Å².